The third-order valence-corrected chi connectivity index (χ3v) is 7.63. The van der Waals surface area contributed by atoms with Crippen LogP contribution in [-0.4, -0.2) is 24.1 Å². The number of methoxy groups -OCH3 is 1. The first-order chi connectivity index (χ1) is 17.1. The minimum absolute atomic E-state index is 0.165. The number of carbonyl (C=O) groups is 1. The number of nitrogens with one attached hydrogen (secondary N) is 1. The maximum absolute atomic E-state index is 13.3. The van der Waals surface area contributed by atoms with Gasteiger partial charge in [0.2, 0.25) is 0 Å². The number of aromatic nitrogens is 1. The molecule has 6 heteroatoms. The summed E-state index contributed by atoms with van der Waals surface area (Å²) < 4.78 is 7.99. The van der Waals surface area contributed by atoms with Crippen LogP contribution in [0, 0.1) is 0 Å². The topological polar surface area (TPSA) is 60.3 Å². The van der Waals surface area contributed by atoms with Gasteiger partial charge in [-0.15, -0.1) is 11.3 Å². The Morgan fingerprint density at radius 1 is 0.943 bits per heavy atom. The number of nitrogens with zero attached hydrogens (tertiary/aromatic N) is 1. The molecule has 0 fully saturated rings. The van der Waals surface area contributed by atoms with Crippen LogP contribution < -0.4 is 15.6 Å². The smallest absolute Gasteiger partial charge is 0.265 e. The highest BCUT2D eigenvalue weighted by atomic mass is 32.1. The maximum atomic E-state index is 13.3. The van der Waals surface area contributed by atoms with E-state index in [4.69, 9.17) is 4.74 Å². The van der Waals surface area contributed by atoms with Crippen molar-refractivity contribution in [1.29, 1.82) is 0 Å². The largest absolute Gasteiger partial charge is 0.494 e. The average molecular weight is 483 g/mol. The summed E-state index contributed by atoms with van der Waals surface area (Å²) in [6.45, 7) is 0.490. The Hall–Kier alpha value is -3.90. The van der Waals surface area contributed by atoms with Crippen molar-refractivity contribution >= 4 is 38.2 Å². The highest BCUT2D eigenvalue weighted by Crippen LogP contribution is 2.39. The van der Waals surface area contributed by atoms with Crippen LogP contribution >= 0.6 is 11.3 Å². The van der Waals surface area contributed by atoms with Crippen molar-refractivity contribution in [2.24, 2.45) is 7.05 Å². The third kappa shape index (κ3) is 4.21. The van der Waals surface area contributed by atoms with E-state index < -0.39 is 0 Å². The molecule has 0 saturated carbocycles. The normalized spacial score (nSPS) is 11.3. The number of para-hydroxylation sites is 1. The SMILES string of the molecule is COc1c(C(=O)NCCC(c2ccccc2)c2ccccc2)sc2c1c(=O)n(C)c1ccccc21. The number of hydrogen-bond acceptors (Lipinski definition) is 4. The summed E-state index contributed by atoms with van der Waals surface area (Å²) in [4.78, 5) is 26.8. The number of rotatable bonds is 7. The number of amides is 1. The highest BCUT2D eigenvalue weighted by Gasteiger charge is 2.24. The number of ether oxygens (including phenoxy) is 1. The molecule has 1 N–H and O–H groups in total. The average Bonchev–Trinajstić information content (AvgIpc) is 3.31. The van der Waals surface area contributed by atoms with Crippen LogP contribution in [0.4, 0.5) is 0 Å². The summed E-state index contributed by atoms with van der Waals surface area (Å²) in [7, 11) is 3.25. The molecule has 0 aliphatic rings. The lowest BCUT2D eigenvalue weighted by Crippen LogP contribution is -2.25. The molecule has 0 aliphatic heterocycles. The number of fused-ring (bicyclic) bond motifs is 3. The molecule has 176 valence electrons. The molecule has 35 heavy (non-hydrogen) atoms. The fourth-order valence-corrected chi connectivity index (χ4v) is 5.90. The third-order valence-electron chi connectivity index (χ3n) is 6.43. The first kappa shape index (κ1) is 22.9. The molecule has 5 aromatic rings. The molecular weight excluding hydrogens is 456 g/mol. The van der Waals surface area contributed by atoms with Crippen LogP contribution in [0.5, 0.6) is 5.75 Å². The van der Waals surface area contributed by atoms with Crippen LogP contribution in [0.2, 0.25) is 0 Å². The highest BCUT2D eigenvalue weighted by molar-refractivity contribution is 7.22. The molecule has 0 radical (unpaired) electrons. The van der Waals surface area contributed by atoms with E-state index in [1.165, 1.54) is 29.6 Å². The lowest BCUT2D eigenvalue weighted by atomic mass is 9.88. The van der Waals surface area contributed by atoms with E-state index in [1.54, 1.807) is 11.6 Å². The van der Waals surface area contributed by atoms with Crippen molar-refractivity contribution < 1.29 is 9.53 Å². The van der Waals surface area contributed by atoms with Crippen molar-refractivity contribution in [1.82, 2.24) is 9.88 Å². The van der Waals surface area contributed by atoms with E-state index in [0.29, 0.717) is 22.6 Å². The van der Waals surface area contributed by atoms with Gasteiger partial charge in [-0.2, -0.15) is 0 Å². The summed E-state index contributed by atoms with van der Waals surface area (Å²) in [5.74, 6) is 0.281. The van der Waals surface area contributed by atoms with Gasteiger partial charge in [0, 0.05) is 24.9 Å². The summed E-state index contributed by atoms with van der Waals surface area (Å²) in [5.41, 5.74) is 3.08. The summed E-state index contributed by atoms with van der Waals surface area (Å²) in [5, 5.41) is 4.45. The Labute approximate surface area is 207 Å². The molecule has 0 atom stereocenters. The van der Waals surface area contributed by atoms with Gasteiger partial charge in [-0.3, -0.25) is 9.59 Å². The van der Waals surface area contributed by atoms with E-state index >= 15 is 0 Å². The predicted octanol–water partition coefficient (Wildman–Crippen LogP) is 5.71. The zero-order chi connectivity index (χ0) is 24.4. The zero-order valence-corrected chi connectivity index (χ0v) is 20.5. The molecule has 0 unspecified atom stereocenters. The van der Waals surface area contributed by atoms with Crippen LogP contribution in [-0.2, 0) is 7.05 Å². The van der Waals surface area contributed by atoms with E-state index in [9.17, 15) is 9.59 Å². The van der Waals surface area contributed by atoms with Gasteiger partial charge < -0.3 is 14.6 Å². The second-order valence-corrected chi connectivity index (χ2v) is 9.49. The van der Waals surface area contributed by atoms with E-state index in [1.807, 2.05) is 60.7 Å². The first-order valence-electron chi connectivity index (χ1n) is 11.6. The number of hydrogen-bond donors (Lipinski definition) is 1. The Bertz CT molecular complexity index is 1520. The van der Waals surface area contributed by atoms with Crippen LogP contribution in [0.15, 0.2) is 89.7 Å². The number of benzene rings is 3. The Kier molecular flexibility index (Phi) is 6.38. The molecule has 0 spiro atoms. The van der Waals surface area contributed by atoms with Gasteiger partial charge in [-0.05, 0) is 23.6 Å². The van der Waals surface area contributed by atoms with Gasteiger partial charge >= 0.3 is 0 Å². The van der Waals surface area contributed by atoms with Crippen LogP contribution in [0.3, 0.4) is 0 Å². The summed E-state index contributed by atoms with van der Waals surface area (Å²) in [6.07, 6.45) is 0.748. The summed E-state index contributed by atoms with van der Waals surface area (Å²) >= 11 is 1.31. The Balaban J connectivity index is 1.44. The molecule has 1 amide bonds. The number of thiophene rings is 1. The van der Waals surface area contributed by atoms with E-state index in [0.717, 1.165) is 22.0 Å². The number of aryl methyl sites for hydroxylation is 1. The number of pyridine rings is 1. The van der Waals surface area contributed by atoms with Crippen molar-refractivity contribution in [2.45, 2.75) is 12.3 Å². The van der Waals surface area contributed by atoms with Crippen molar-refractivity contribution in [3.8, 4) is 5.75 Å². The van der Waals surface area contributed by atoms with Crippen molar-refractivity contribution in [3.63, 3.8) is 0 Å². The molecule has 5 rings (SSSR count). The molecule has 0 bridgehead atoms. The fraction of sp³-hybridized carbons (Fsp3) is 0.172. The molecule has 3 aromatic carbocycles. The maximum Gasteiger partial charge on any atom is 0.265 e. The van der Waals surface area contributed by atoms with E-state index in [-0.39, 0.29) is 17.4 Å². The van der Waals surface area contributed by atoms with Gasteiger partial charge in [0.15, 0.2) is 5.75 Å². The van der Waals surface area contributed by atoms with Crippen molar-refractivity contribution in [2.75, 3.05) is 13.7 Å². The summed E-state index contributed by atoms with van der Waals surface area (Å²) in [6, 6.07) is 28.4. The van der Waals surface area contributed by atoms with Gasteiger partial charge in [0.25, 0.3) is 11.5 Å². The quantitative estimate of drug-likeness (QED) is 0.323. The molecule has 5 nitrogen and oxygen atoms in total. The molecule has 0 aliphatic carbocycles. The molecule has 2 aromatic heterocycles. The van der Waals surface area contributed by atoms with E-state index in [2.05, 4.69) is 29.6 Å². The molecule has 0 saturated heterocycles. The lowest BCUT2D eigenvalue weighted by Gasteiger charge is -2.18. The second-order valence-electron chi connectivity index (χ2n) is 8.47. The second kappa shape index (κ2) is 9.76. The van der Waals surface area contributed by atoms with Gasteiger partial charge in [-0.1, -0.05) is 78.9 Å². The fourth-order valence-electron chi connectivity index (χ4n) is 4.69. The Morgan fingerprint density at radius 2 is 1.54 bits per heavy atom. The van der Waals surface area contributed by atoms with Crippen LogP contribution in [0.25, 0.3) is 21.0 Å². The zero-order valence-electron chi connectivity index (χ0n) is 19.7. The molecular formula is C29H26N2O3S. The minimum atomic E-state index is -0.228. The number of carbonyl (C=O) groups excluding carboxylic acids is 1. The van der Waals surface area contributed by atoms with Gasteiger partial charge in [-0.25, -0.2) is 0 Å². The lowest BCUT2D eigenvalue weighted by molar-refractivity contribution is 0.0954. The van der Waals surface area contributed by atoms with Gasteiger partial charge in [0.05, 0.1) is 17.3 Å². The standard InChI is InChI=1S/C29H26N2O3S/c1-31-23-16-10-9-15-22(23)26-24(29(31)33)25(34-2)27(35-26)28(32)30-18-17-21(19-11-5-3-6-12-19)20-13-7-4-8-14-20/h3-16,21H,17-18H2,1-2H3,(H,30,32). The minimum Gasteiger partial charge on any atom is -0.494 e. The Morgan fingerprint density at radius 3 is 2.17 bits per heavy atom. The van der Waals surface area contributed by atoms with Crippen molar-refractivity contribution in [3.05, 3.63) is 111 Å². The molecule has 2 heterocycles. The first-order valence-corrected chi connectivity index (χ1v) is 12.4. The van der Waals surface area contributed by atoms with Gasteiger partial charge in [0.1, 0.15) is 10.3 Å². The monoisotopic (exact) mass is 482 g/mol. The predicted molar refractivity (Wildman–Crippen MR) is 143 cm³/mol. The van der Waals surface area contributed by atoms with Crippen LogP contribution in [0.1, 0.15) is 33.1 Å².